The van der Waals surface area contributed by atoms with Crippen LogP contribution in [0.1, 0.15) is 13.8 Å². The fraction of sp³-hybridized carbons (Fsp3) is 1.00. The minimum atomic E-state index is -0.529. The number of halogens is 2. The zero-order chi connectivity index (χ0) is 8.48. The lowest BCUT2D eigenvalue weighted by Crippen LogP contribution is -2.25. The first kappa shape index (κ1) is 9.59. The average molecular weight is 199 g/mol. The first-order valence-electron chi connectivity index (χ1n) is 3.56. The second-order valence-corrected chi connectivity index (χ2v) is 3.64. The molecule has 0 bridgehead atoms. The van der Waals surface area contributed by atoms with Gasteiger partial charge in [0.2, 0.25) is 0 Å². The summed E-state index contributed by atoms with van der Waals surface area (Å²) in [6.07, 6.45) is -0.131. The zero-order valence-electron chi connectivity index (χ0n) is 6.64. The van der Waals surface area contributed by atoms with E-state index in [2.05, 4.69) is 0 Å². The molecule has 0 spiro atoms. The summed E-state index contributed by atoms with van der Waals surface area (Å²) in [7, 11) is 0. The fourth-order valence-corrected chi connectivity index (χ4v) is 1.69. The maximum Gasteiger partial charge on any atom is 0.163 e. The predicted molar refractivity (Wildman–Crippen MR) is 45.3 cm³/mol. The van der Waals surface area contributed by atoms with Gasteiger partial charge in [0.05, 0.1) is 11.8 Å². The Kier molecular flexibility index (Phi) is 3.03. The van der Waals surface area contributed by atoms with Crippen molar-refractivity contribution in [3.63, 3.8) is 0 Å². The van der Waals surface area contributed by atoms with E-state index in [0.29, 0.717) is 11.8 Å². The van der Waals surface area contributed by atoms with E-state index >= 15 is 0 Å². The molecule has 1 heterocycles. The molecule has 2 atom stereocenters. The van der Waals surface area contributed by atoms with Gasteiger partial charge in [0.1, 0.15) is 12.2 Å². The predicted octanol–water partition coefficient (Wildman–Crippen LogP) is 1.98. The molecular formula is C7H12Cl2O2. The van der Waals surface area contributed by atoms with Gasteiger partial charge in [-0.3, -0.25) is 0 Å². The van der Waals surface area contributed by atoms with E-state index in [1.807, 2.05) is 13.8 Å². The lowest BCUT2D eigenvalue weighted by molar-refractivity contribution is -0.142. The number of ether oxygens (including phenoxy) is 2. The van der Waals surface area contributed by atoms with E-state index in [0.717, 1.165) is 0 Å². The molecule has 0 unspecified atom stereocenters. The zero-order valence-corrected chi connectivity index (χ0v) is 8.15. The summed E-state index contributed by atoms with van der Waals surface area (Å²) in [4.78, 5) is 0. The van der Waals surface area contributed by atoms with Crippen LogP contribution in [-0.4, -0.2) is 29.8 Å². The SMILES string of the molecule is CC1(C)O[C@H](CCl)[C@@H](CCl)O1. The highest BCUT2D eigenvalue weighted by Crippen LogP contribution is 2.29. The molecule has 0 amide bonds. The Balaban J connectivity index is 2.55. The normalized spacial score (nSPS) is 36.0. The molecule has 0 aromatic rings. The molecule has 0 saturated carbocycles. The van der Waals surface area contributed by atoms with Crippen LogP contribution in [0.15, 0.2) is 0 Å². The van der Waals surface area contributed by atoms with Gasteiger partial charge in [-0.2, -0.15) is 0 Å². The van der Waals surface area contributed by atoms with Crippen LogP contribution >= 0.6 is 23.2 Å². The van der Waals surface area contributed by atoms with Gasteiger partial charge in [0, 0.05) is 0 Å². The van der Waals surface area contributed by atoms with E-state index in [1.165, 1.54) is 0 Å². The summed E-state index contributed by atoms with van der Waals surface area (Å²) in [6, 6.07) is 0. The van der Waals surface area contributed by atoms with Gasteiger partial charge >= 0.3 is 0 Å². The van der Waals surface area contributed by atoms with Gasteiger partial charge in [0.25, 0.3) is 0 Å². The third-order valence-electron chi connectivity index (χ3n) is 1.59. The Labute approximate surface area is 76.8 Å². The van der Waals surface area contributed by atoms with Gasteiger partial charge < -0.3 is 9.47 Å². The van der Waals surface area contributed by atoms with Crippen molar-refractivity contribution in [2.24, 2.45) is 0 Å². The summed E-state index contributed by atoms with van der Waals surface area (Å²) in [5, 5.41) is 0. The molecule has 1 rings (SSSR count). The Morgan fingerprint density at radius 3 is 1.73 bits per heavy atom. The highest BCUT2D eigenvalue weighted by molar-refractivity contribution is 6.19. The van der Waals surface area contributed by atoms with Crippen molar-refractivity contribution in [2.75, 3.05) is 11.8 Å². The molecule has 1 saturated heterocycles. The quantitative estimate of drug-likeness (QED) is 0.633. The number of hydrogen-bond acceptors (Lipinski definition) is 2. The van der Waals surface area contributed by atoms with Crippen LogP contribution in [0.5, 0.6) is 0 Å². The van der Waals surface area contributed by atoms with Crippen LogP contribution in [0, 0.1) is 0 Å². The highest BCUT2D eigenvalue weighted by Gasteiger charge is 2.39. The molecule has 0 aromatic carbocycles. The molecule has 1 aliphatic rings. The molecule has 11 heavy (non-hydrogen) atoms. The maximum absolute atomic E-state index is 5.64. The number of rotatable bonds is 2. The average Bonchev–Trinajstić information content (AvgIpc) is 2.25. The Morgan fingerprint density at radius 1 is 1.09 bits per heavy atom. The van der Waals surface area contributed by atoms with Crippen molar-refractivity contribution in [2.45, 2.75) is 31.8 Å². The van der Waals surface area contributed by atoms with Crippen LogP contribution in [0.4, 0.5) is 0 Å². The third kappa shape index (κ3) is 2.22. The minimum Gasteiger partial charge on any atom is -0.343 e. The van der Waals surface area contributed by atoms with Gasteiger partial charge in [-0.05, 0) is 13.8 Å². The van der Waals surface area contributed by atoms with Crippen LogP contribution in [0.2, 0.25) is 0 Å². The summed E-state index contributed by atoms with van der Waals surface area (Å²) < 4.78 is 10.9. The van der Waals surface area contributed by atoms with Gasteiger partial charge in [-0.1, -0.05) is 0 Å². The standard InChI is InChI=1S/C7H12Cl2O2/c1-7(2)10-5(3-8)6(4-9)11-7/h5-6H,3-4H2,1-2H3/t5-,6-/m1/s1. The molecule has 0 radical (unpaired) electrons. The summed E-state index contributed by atoms with van der Waals surface area (Å²) in [5.74, 6) is 0.334. The maximum atomic E-state index is 5.64. The molecule has 4 heteroatoms. The van der Waals surface area contributed by atoms with Crippen molar-refractivity contribution < 1.29 is 9.47 Å². The lowest BCUT2D eigenvalue weighted by Gasteiger charge is -2.16. The molecule has 66 valence electrons. The monoisotopic (exact) mass is 198 g/mol. The molecule has 1 fully saturated rings. The van der Waals surface area contributed by atoms with E-state index in [-0.39, 0.29) is 12.2 Å². The van der Waals surface area contributed by atoms with Crippen molar-refractivity contribution in [3.8, 4) is 0 Å². The van der Waals surface area contributed by atoms with Crippen LogP contribution < -0.4 is 0 Å². The van der Waals surface area contributed by atoms with Crippen molar-refractivity contribution in [1.29, 1.82) is 0 Å². The van der Waals surface area contributed by atoms with Gasteiger partial charge in [-0.15, -0.1) is 23.2 Å². The first-order valence-corrected chi connectivity index (χ1v) is 4.63. The van der Waals surface area contributed by atoms with Crippen molar-refractivity contribution >= 4 is 23.2 Å². The molecule has 2 nitrogen and oxygen atoms in total. The second-order valence-electron chi connectivity index (χ2n) is 3.02. The summed E-state index contributed by atoms with van der Waals surface area (Å²) >= 11 is 11.3. The molecule has 0 aliphatic carbocycles. The van der Waals surface area contributed by atoms with Crippen LogP contribution in [0.3, 0.4) is 0 Å². The number of hydrogen-bond donors (Lipinski definition) is 0. The van der Waals surface area contributed by atoms with Crippen molar-refractivity contribution in [1.82, 2.24) is 0 Å². The van der Waals surface area contributed by atoms with Crippen LogP contribution in [0.25, 0.3) is 0 Å². The lowest BCUT2D eigenvalue weighted by atomic mass is 10.3. The van der Waals surface area contributed by atoms with E-state index in [4.69, 9.17) is 32.7 Å². The third-order valence-corrected chi connectivity index (χ3v) is 2.20. The van der Waals surface area contributed by atoms with Gasteiger partial charge in [0.15, 0.2) is 5.79 Å². The molecule has 0 aromatic heterocycles. The summed E-state index contributed by atoms with van der Waals surface area (Å²) in [5.41, 5.74) is 0. The van der Waals surface area contributed by atoms with E-state index in [9.17, 15) is 0 Å². The summed E-state index contributed by atoms with van der Waals surface area (Å²) in [6.45, 7) is 3.72. The minimum absolute atomic E-state index is 0.0656. The molecule has 0 N–H and O–H groups in total. The van der Waals surface area contributed by atoms with E-state index < -0.39 is 5.79 Å². The molecule has 1 aliphatic heterocycles. The fourth-order valence-electron chi connectivity index (χ4n) is 1.17. The largest absolute Gasteiger partial charge is 0.343 e. The Morgan fingerprint density at radius 2 is 1.45 bits per heavy atom. The van der Waals surface area contributed by atoms with Crippen LogP contribution in [-0.2, 0) is 9.47 Å². The smallest absolute Gasteiger partial charge is 0.163 e. The first-order chi connectivity index (χ1) is 5.09. The van der Waals surface area contributed by atoms with Gasteiger partial charge in [-0.25, -0.2) is 0 Å². The topological polar surface area (TPSA) is 18.5 Å². The molecular weight excluding hydrogens is 187 g/mol. The number of alkyl halides is 2. The second kappa shape index (κ2) is 3.48. The Bertz CT molecular complexity index is 124. The Hall–Kier alpha value is 0.500. The van der Waals surface area contributed by atoms with Crippen molar-refractivity contribution in [3.05, 3.63) is 0 Å². The van der Waals surface area contributed by atoms with E-state index in [1.54, 1.807) is 0 Å². The highest BCUT2D eigenvalue weighted by atomic mass is 35.5.